The molecule has 0 aliphatic carbocycles. The third kappa shape index (κ3) is 4.28. The minimum atomic E-state index is 0.451. The zero-order chi connectivity index (χ0) is 9.52. The van der Waals surface area contributed by atoms with E-state index in [9.17, 15) is 0 Å². The van der Waals surface area contributed by atoms with Gasteiger partial charge in [-0.05, 0) is 0 Å². The van der Waals surface area contributed by atoms with E-state index in [0.717, 1.165) is 0 Å². The summed E-state index contributed by atoms with van der Waals surface area (Å²) < 4.78 is 6.33. The van der Waals surface area contributed by atoms with E-state index < -0.39 is 0 Å². The number of hydrogen-bond acceptors (Lipinski definition) is 1. The zero-order valence-electron chi connectivity index (χ0n) is 7.99. The molecule has 1 rings (SSSR count). The van der Waals surface area contributed by atoms with E-state index in [-0.39, 0.29) is 0 Å². The quantitative estimate of drug-likeness (QED) is 0.726. The molecule has 0 heterocycles. The van der Waals surface area contributed by atoms with Gasteiger partial charge in [-0.25, -0.2) is 0 Å². The van der Waals surface area contributed by atoms with Crippen LogP contribution in [0.5, 0.6) is 0 Å². The molecule has 0 saturated carbocycles. The predicted octanol–water partition coefficient (Wildman–Crippen LogP) is 1.48. The van der Waals surface area contributed by atoms with Crippen LogP contribution in [0.15, 0.2) is 35.3 Å². The van der Waals surface area contributed by atoms with E-state index in [2.05, 4.69) is 42.2 Å². The maximum absolute atomic E-state index is 4.92. The summed E-state index contributed by atoms with van der Waals surface area (Å²) in [5.74, 6) is 0. The summed E-state index contributed by atoms with van der Waals surface area (Å²) >= 11 is 0.451. The summed E-state index contributed by atoms with van der Waals surface area (Å²) in [6, 6.07) is 8.68. The Balaban J connectivity index is 2.41. The van der Waals surface area contributed by atoms with E-state index in [1.807, 2.05) is 0 Å². The molecule has 0 radical (unpaired) electrons. The monoisotopic (exact) mass is 242 g/mol. The average molecular weight is 241 g/mol. The maximum atomic E-state index is 4.92. The van der Waals surface area contributed by atoms with Gasteiger partial charge in [0.1, 0.15) is 0 Å². The van der Waals surface area contributed by atoms with Gasteiger partial charge >= 0.3 is 85.7 Å². The molecule has 1 aromatic rings. The molecule has 0 aromatic heterocycles. The topological polar surface area (TPSA) is 9.23 Å². The molecule has 70 valence electrons. The van der Waals surface area contributed by atoms with Crippen LogP contribution < -0.4 is 4.46 Å². The van der Waals surface area contributed by atoms with Crippen molar-refractivity contribution >= 4 is 19.4 Å². The molecule has 0 saturated heterocycles. The van der Waals surface area contributed by atoms with Gasteiger partial charge in [-0.1, -0.05) is 0 Å². The first-order valence-electron chi connectivity index (χ1n) is 4.20. The molecule has 2 heteroatoms. The van der Waals surface area contributed by atoms with E-state index in [1.54, 1.807) is 7.11 Å². The molecule has 0 N–H and O–H groups in total. The Labute approximate surface area is 86.0 Å². The second kappa shape index (κ2) is 5.98. The molecule has 0 amide bonds. The van der Waals surface area contributed by atoms with E-state index in [4.69, 9.17) is 4.74 Å². The van der Waals surface area contributed by atoms with Crippen LogP contribution in [0.1, 0.15) is 5.56 Å². The SMILES string of the molecule is COC/C=C/[Se]c1ccc(C)cc1. The van der Waals surface area contributed by atoms with Crippen LogP contribution in [0.25, 0.3) is 0 Å². The van der Waals surface area contributed by atoms with Gasteiger partial charge in [0.05, 0.1) is 0 Å². The van der Waals surface area contributed by atoms with Crippen LogP contribution in [0.2, 0.25) is 0 Å². The Bertz CT molecular complexity index is 264. The summed E-state index contributed by atoms with van der Waals surface area (Å²) in [7, 11) is 1.71. The van der Waals surface area contributed by atoms with Crippen LogP contribution >= 0.6 is 0 Å². The summed E-state index contributed by atoms with van der Waals surface area (Å²) in [4.78, 5) is 2.20. The van der Waals surface area contributed by atoms with Crippen LogP contribution in [0, 0.1) is 6.92 Å². The van der Waals surface area contributed by atoms with Crippen molar-refractivity contribution in [3.8, 4) is 0 Å². The number of benzene rings is 1. The number of methoxy groups -OCH3 is 1. The van der Waals surface area contributed by atoms with Crippen molar-refractivity contribution in [1.82, 2.24) is 0 Å². The predicted molar refractivity (Wildman–Crippen MR) is 57.6 cm³/mol. The van der Waals surface area contributed by atoms with E-state index in [0.29, 0.717) is 21.6 Å². The molecule has 0 fully saturated rings. The van der Waals surface area contributed by atoms with Crippen molar-refractivity contribution in [2.45, 2.75) is 6.92 Å². The number of hydrogen-bond donors (Lipinski definition) is 0. The summed E-state index contributed by atoms with van der Waals surface area (Å²) in [6.07, 6.45) is 2.07. The molecule has 0 unspecified atom stereocenters. The molecule has 0 atom stereocenters. The molecule has 0 bridgehead atoms. The number of aryl methyl sites for hydroxylation is 1. The second-order valence-electron chi connectivity index (χ2n) is 2.76. The third-order valence-corrected chi connectivity index (χ3v) is 3.42. The Morgan fingerprint density at radius 3 is 2.62 bits per heavy atom. The van der Waals surface area contributed by atoms with Gasteiger partial charge in [-0.15, -0.1) is 0 Å². The fourth-order valence-electron chi connectivity index (χ4n) is 0.879. The van der Waals surface area contributed by atoms with Gasteiger partial charge < -0.3 is 0 Å². The van der Waals surface area contributed by atoms with E-state index in [1.165, 1.54) is 10.0 Å². The standard InChI is InChI=1S/C11H14OSe/c1-10-4-6-11(7-5-10)13-9-3-8-12-2/h3-7,9H,8H2,1-2H3/b9-3+. The number of ether oxygens (including phenoxy) is 1. The molecule has 1 aromatic carbocycles. The van der Waals surface area contributed by atoms with Crippen molar-refractivity contribution in [2.75, 3.05) is 13.7 Å². The summed E-state index contributed by atoms with van der Waals surface area (Å²) in [5, 5.41) is 0. The fourth-order valence-corrected chi connectivity index (χ4v) is 2.19. The Morgan fingerprint density at radius 1 is 1.31 bits per heavy atom. The van der Waals surface area contributed by atoms with Crippen molar-refractivity contribution in [1.29, 1.82) is 0 Å². The first kappa shape index (κ1) is 10.5. The second-order valence-corrected chi connectivity index (χ2v) is 4.81. The zero-order valence-corrected chi connectivity index (χ0v) is 9.70. The molecule has 0 aliphatic rings. The first-order valence-corrected chi connectivity index (χ1v) is 6.05. The van der Waals surface area contributed by atoms with Gasteiger partial charge in [0, 0.05) is 0 Å². The number of rotatable bonds is 4. The average Bonchev–Trinajstić information content (AvgIpc) is 2.15. The van der Waals surface area contributed by atoms with Gasteiger partial charge in [0.25, 0.3) is 0 Å². The third-order valence-electron chi connectivity index (χ3n) is 1.58. The Morgan fingerprint density at radius 2 is 2.00 bits per heavy atom. The first-order chi connectivity index (χ1) is 6.33. The van der Waals surface area contributed by atoms with Gasteiger partial charge in [0.2, 0.25) is 0 Å². The fraction of sp³-hybridized carbons (Fsp3) is 0.273. The Hall–Kier alpha value is -0.561. The van der Waals surface area contributed by atoms with Gasteiger partial charge in [0.15, 0.2) is 0 Å². The van der Waals surface area contributed by atoms with Crippen LogP contribution in [0.3, 0.4) is 0 Å². The molecule has 1 nitrogen and oxygen atoms in total. The van der Waals surface area contributed by atoms with Crippen molar-refractivity contribution < 1.29 is 4.74 Å². The normalized spacial score (nSPS) is 10.9. The molecule has 13 heavy (non-hydrogen) atoms. The van der Waals surface area contributed by atoms with Crippen molar-refractivity contribution in [3.63, 3.8) is 0 Å². The molecule has 0 spiro atoms. The van der Waals surface area contributed by atoms with Crippen molar-refractivity contribution in [2.24, 2.45) is 0 Å². The van der Waals surface area contributed by atoms with Crippen LogP contribution in [-0.4, -0.2) is 28.7 Å². The Kier molecular flexibility index (Phi) is 4.84. The molecular weight excluding hydrogens is 227 g/mol. The van der Waals surface area contributed by atoms with Crippen LogP contribution in [-0.2, 0) is 4.74 Å². The summed E-state index contributed by atoms with van der Waals surface area (Å²) in [6.45, 7) is 2.82. The minimum absolute atomic E-state index is 0.451. The van der Waals surface area contributed by atoms with Gasteiger partial charge in [-0.2, -0.15) is 0 Å². The molecular formula is C11H14OSe. The van der Waals surface area contributed by atoms with Crippen LogP contribution in [0.4, 0.5) is 0 Å². The van der Waals surface area contributed by atoms with E-state index >= 15 is 0 Å². The van der Waals surface area contributed by atoms with Crippen molar-refractivity contribution in [3.05, 3.63) is 40.9 Å². The summed E-state index contributed by atoms with van der Waals surface area (Å²) in [5.41, 5.74) is 1.32. The molecule has 0 aliphatic heterocycles. The van der Waals surface area contributed by atoms with Gasteiger partial charge in [-0.3, -0.25) is 0 Å².